The predicted molar refractivity (Wildman–Crippen MR) is 79.6 cm³/mol. The van der Waals surface area contributed by atoms with Gasteiger partial charge in [0.1, 0.15) is 0 Å². The van der Waals surface area contributed by atoms with E-state index >= 15 is 0 Å². The quantitative estimate of drug-likeness (QED) is 0.792. The summed E-state index contributed by atoms with van der Waals surface area (Å²) in [5.74, 6) is 0.0115. The van der Waals surface area contributed by atoms with Gasteiger partial charge in [-0.1, -0.05) is 60.7 Å². The number of nitrogens with one attached hydrogen (secondary N) is 1. The Kier molecular flexibility index (Phi) is 5.04. The minimum atomic E-state index is -0.496. The summed E-state index contributed by atoms with van der Waals surface area (Å²) in [6.45, 7) is 2.07. The minimum Gasteiger partial charge on any atom is -0.392 e. The Hall–Kier alpha value is -1.97. The fourth-order valence-corrected chi connectivity index (χ4v) is 2.06. The molecule has 0 saturated heterocycles. The Labute approximate surface area is 119 Å². The van der Waals surface area contributed by atoms with E-state index in [1.54, 1.807) is 6.92 Å². The van der Waals surface area contributed by atoms with Crippen molar-refractivity contribution in [3.63, 3.8) is 0 Å². The lowest BCUT2D eigenvalue weighted by molar-refractivity contribution is 0.0932. The molecular formula is C17H19NO2. The van der Waals surface area contributed by atoms with Crippen molar-refractivity contribution in [2.24, 2.45) is 0 Å². The van der Waals surface area contributed by atoms with Gasteiger partial charge in [0.05, 0.1) is 12.1 Å². The van der Waals surface area contributed by atoms with E-state index in [0.717, 1.165) is 5.56 Å². The highest BCUT2D eigenvalue weighted by molar-refractivity contribution is 6.00. The Morgan fingerprint density at radius 1 is 1.05 bits per heavy atom. The molecule has 0 spiro atoms. The third kappa shape index (κ3) is 3.76. The zero-order valence-electron chi connectivity index (χ0n) is 11.5. The molecule has 0 aliphatic heterocycles. The molecule has 2 aromatic carbocycles. The van der Waals surface area contributed by atoms with Crippen molar-refractivity contribution >= 4 is 5.78 Å². The lowest BCUT2D eigenvalue weighted by Gasteiger charge is -2.19. The summed E-state index contributed by atoms with van der Waals surface area (Å²) in [5.41, 5.74) is 1.57. The first-order chi connectivity index (χ1) is 9.68. The van der Waals surface area contributed by atoms with Gasteiger partial charge in [-0.2, -0.15) is 0 Å². The van der Waals surface area contributed by atoms with Gasteiger partial charge >= 0.3 is 0 Å². The number of Topliss-reactive ketones (excluding diaryl/α,β-unsaturated/α-hetero) is 1. The minimum absolute atomic E-state index is 0.0115. The maximum absolute atomic E-state index is 12.6. The van der Waals surface area contributed by atoms with E-state index in [-0.39, 0.29) is 5.78 Å². The van der Waals surface area contributed by atoms with Crippen molar-refractivity contribution in [1.29, 1.82) is 0 Å². The standard InChI is InChI=1S/C17H19NO2/c1-13(19)12-18-16(14-8-4-2-5-9-14)17(20)15-10-6-3-7-11-15/h2-11,13,16,18-19H,12H2,1H3/t13-,16+/m1/s1. The van der Waals surface area contributed by atoms with E-state index in [1.165, 1.54) is 0 Å². The summed E-state index contributed by atoms with van der Waals surface area (Å²) in [6.07, 6.45) is -0.496. The second kappa shape index (κ2) is 6.98. The summed E-state index contributed by atoms with van der Waals surface area (Å²) >= 11 is 0. The highest BCUT2D eigenvalue weighted by atomic mass is 16.3. The Balaban J connectivity index is 2.25. The Bertz CT molecular complexity index is 537. The van der Waals surface area contributed by atoms with Crippen molar-refractivity contribution in [3.8, 4) is 0 Å². The molecule has 3 heteroatoms. The van der Waals surface area contributed by atoms with E-state index in [2.05, 4.69) is 5.32 Å². The first-order valence-corrected chi connectivity index (χ1v) is 6.74. The molecule has 2 N–H and O–H groups in total. The predicted octanol–water partition coefficient (Wildman–Crippen LogP) is 2.58. The van der Waals surface area contributed by atoms with Gasteiger partial charge in [-0.3, -0.25) is 4.79 Å². The van der Waals surface area contributed by atoms with Gasteiger partial charge in [-0.15, -0.1) is 0 Å². The van der Waals surface area contributed by atoms with Gasteiger partial charge in [0.15, 0.2) is 5.78 Å². The molecule has 2 aromatic rings. The van der Waals surface area contributed by atoms with Crippen LogP contribution in [0.1, 0.15) is 28.9 Å². The molecule has 3 nitrogen and oxygen atoms in total. The molecular weight excluding hydrogens is 250 g/mol. The fraction of sp³-hybridized carbons (Fsp3) is 0.235. The first kappa shape index (κ1) is 14.4. The van der Waals surface area contributed by atoms with Crippen LogP contribution in [0.15, 0.2) is 60.7 Å². The molecule has 2 atom stereocenters. The molecule has 104 valence electrons. The van der Waals surface area contributed by atoms with Gasteiger partial charge in [-0.05, 0) is 12.5 Å². The second-order valence-corrected chi connectivity index (χ2v) is 4.83. The number of hydrogen-bond donors (Lipinski definition) is 2. The van der Waals surface area contributed by atoms with Crippen molar-refractivity contribution < 1.29 is 9.90 Å². The van der Waals surface area contributed by atoms with Gasteiger partial charge in [0, 0.05) is 12.1 Å². The summed E-state index contributed by atoms with van der Waals surface area (Å²) in [5, 5.41) is 12.6. The smallest absolute Gasteiger partial charge is 0.184 e. The SMILES string of the molecule is C[C@@H](O)CN[C@H](C(=O)c1ccccc1)c1ccccc1. The molecule has 0 bridgehead atoms. The lowest BCUT2D eigenvalue weighted by atomic mass is 9.97. The van der Waals surface area contributed by atoms with Crippen LogP contribution in [0.4, 0.5) is 0 Å². The van der Waals surface area contributed by atoms with E-state index in [4.69, 9.17) is 0 Å². The topological polar surface area (TPSA) is 49.3 Å². The molecule has 2 rings (SSSR count). The number of carbonyl (C=O) groups excluding carboxylic acids is 1. The molecule has 0 saturated carbocycles. The molecule has 0 unspecified atom stereocenters. The van der Waals surface area contributed by atoms with Crippen LogP contribution in [0, 0.1) is 0 Å². The van der Waals surface area contributed by atoms with Crippen LogP contribution in [0.5, 0.6) is 0 Å². The largest absolute Gasteiger partial charge is 0.392 e. The van der Waals surface area contributed by atoms with Crippen LogP contribution in [0.25, 0.3) is 0 Å². The van der Waals surface area contributed by atoms with Crippen LogP contribution < -0.4 is 5.32 Å². The lowest BCUT2D eigenvalue weighted by Crippen LogP contribution is -2.33. The number of hydrogen-bond acceptors (Lipinski definition) is 3. The second-order valence-electron chi connectivity index (χ2n) is 4.83. The maximum Gasteiger partial charge on any atom is 0.184 e. The Morgan fingerprint density at radius 3 is 2.15 bits per heavy atom. The summed E-state index contributed by atoms with van der Waals surface area (Å²) in [4.78, 5) is 12.6. The molecule has 0 fully saturated rings. The average Bonchev–Trinajstić information content (AvgIpc) is 2.49. The molecule has 20 heavy (non-hydrogen) atoms. The summed E-state index contributed by atoms with van der Waals surface area (Å²) in [7, 11) is 0. The fourth-order valence-electron chi connectivity index (χ4n) is 2.06. The first-order valence-electron chi connectivity index (χ1n) is 6.74. The third-order valence-corrected chi connectivity index (χ3v) is 3.07. The number of aliphatic hydroxyl groups excluding tert-OH is 1. The highest BCUT2D eigenvalue weighted by Gasteiger charge is 2.21. The van der Waals surface area contributed by atoms with Crippen molar-refractivity contribution in [3.05, 3.63) is 71.8 Å². The number of aliphatic hydroxyl groups is 1. The van der Waals surface area contributed by atoms with Crippen LogP contribution in [-0.4, -0.2) is 23.5 Å². The molecule has 0 amide bonds. The van der Waals surface area contributed by atoms with Crippen LogP contribution in [-0.2, 0) is 0 Å². The van der Waals surface area contributed by atoms with Crippen molar-refractivity contribution in [2.75, 3.05) is 6.54 Å². The number of benzene rings is 2. The monoisotopic (exact) mass is 269 g/mol. The molecule has 0 aliphatic carbocycles. The van der Waals surface area contributed by atoms with Crippen molar-refractivity contribution in [1.82, 2.24) is 5.32 Å². The van der Waals surface area contributed by atoms with Gasteiger partial charge in [-0.25, -0.2) is 0 Å². The Morgan fingerprint density at radius 2 is 1.60 bits per heavy atom. The zero-order valence-corrected chi connectivity index (χ0v) is 11.5. The zero-order chi connectivity index (χ0) is 14.4. The molecule has 0 aliphatic rings. The van der Waals surface area contributed by atoms with Gasteiger partial charge in [0.25, 0.3) is 0 Å². The van der Waals surface area contributed by atoms with Crippen LogP contribution >= 0.6 is 0 Å². The van der Waals surface area contributed by atoms with E-state index in [9.17, 15) is 9.90 Å². The van der Waals surface area contributed by atoms with Crippen LogP contribution in [0.3, 0.4) is 0 Å². The van der Waals surface area contributed by atoms with Crippen molar-refractivity contribution in [2.45, 2.75) is 19.1 Å². The summed E-state index contributed by atoms with van der Waals surface area (Å²) in [6, 6.07) is 18.3. The number of rotatable bonds is 6. The van der Waals surface area contributed by atoms with Crippen LogP contribution in [0.2, 0.25) is 0 Å². The summed E-state index contributed by atoms with van der Waals surface area (Å²) < 4.78 is 0. The normalized spacial score (nSPS) is 13.7. The molecule has 0 radical (unpaired) electrons. The average molecular weight is 269 g/mol. The third-order valence-electron chi connectivity index (χ3n) is 3.07. The maximum atomic E-state index is 12.6. The van der Waals surface area contributed by atoms with Gasteiger partial charge < -0.3 is 10.4 Å². The molecule has 0 heterocycles. The van der Waals surface area contributed by atoms with Gasteiger partial charge in [0.2, 0.25) is 0 Å². The molecule has 0 aromatic heterocycles. The highest BCUT2D eigenvalue weighted by Crippen LogP contribution is 2.18. The number of ketones is 1. The number of carbonyl (C=O) groups is 1. The van der Waals surface area contributed by atoms with E-state index in [1.807, 2.05) is 60.7 Å². The van der Waals surface area contributed by atoms with E-state index in [0.29, 0.717) is 12.1 Å². The van der Waals surface area contributed by atoms with E-state index < -0.39 is 12.1 Å².